The number of carbonyl (C=O) groups is 3. The number of benzene rings is 1. The van der Waals surface area contributed by atoms with E-state index < -0.39 is 17.7 Å². The van der Waals surface area contributed by atoms with Crippen LogP contribution in [0.25, 0.3) is 0 Å². The van der Waals surface area contributed by atoms with E-state index in [4.69, 9.17) is 4.74 Å². The summed E-state index contributed by atoms with van der Waals surface area (Å²) in [6.07, 6.45) is -0.0583. The molecule has 2 unspecified atom stereocenters. The van der Waals surface area contributed by atoms with Crippen LogP contribution in [0.1, 0.15) is 40.2 Å². The fraction of sp³-hybridized carbons (Fsp3) is 0.526. The first kappa shape index (κ1) is 21.5. The van der Waals surface area contributed by atoms with Crippen molar-refractivity contribution < 1.29 is 19.1 Å². The van der Waals surface area contributed by atoms with Gasteiger partial charge < -0.3 is 20.7 Å². The average molecular weight is 363 g/mol. The van der Waals surface area contributed by atoms with E-state index in [0.29, 0.717) is 6.42 Å². The van der Waals surface area contributed by atoms with Gasteiger partial charge in [-0.1, -0.05) is 30.3 Å². The number of amides is 3. The third-order valence-corrected chi connectivity index (χ3v) is 3.38. The molecule has 0 aromatic heterocycles. The third kappa shape index (κ3) is 9.05. The summed E-state index contributed by atoms with van der Waals surface area (Å²) in [4.78, 5) is 35.3. The van der Waals surface area contributed by atoms with Gasteiger partial charge in [0.1, 0.15) is 11.6 Å². The Bertz CT molecular complexity index is 611. The Morgan fingerprint density at radius 3 is 2.23 bits per heavy atom. The third-order valence-electron chi connectivity index (χ3n) is 3.38. The second kappa shape index (κ2) is 9.79. The minimum Gasteiger partial charge on any atom is -0.444 e. The topological polar surface area (TPSA) is 96.5 Å². The minimum atomic E-state index is -0.750. The van der Waals surface area contributed by atoms with Gasteiger partial charge >= 0.3 is 6.09 Å². The van der Waals surface area contributed by atoms with Gasteiger partial charge in [0.2, 0.25) is 11.8 Å². The second-order valence-electron chi connectivity index (χ2n) is 7.20. The zero-order valence-corrected chi connectivity index (χ0v) is 16.1. The van der Waals surface area contributed by atoms with E-state index in [2.05, 4.69) is 16.0 Å². The summed E-state index contributed by atoms with van der Waals surface area (Å²) in [5, 5.41) is 8.07. The smallest absolute Gasteiger partial charge is 0.408 e. The monoisotopic (exact) mass is 363 g/mol. The van der Waals surface area contributed by atoms with Crippen LogP contribution in [0.15, 0.2) is 30.3 Å². The summed E-state index contributed by atoms with van der Waals surface area (Å²) in [6.45, 7) is 8.51. The molecule has 0 aliphatic carbocycles. The van der Waals surface area contributed by atoms with Crippen molar-refractivity contribution in [1.82, 2.24) is 16.0 Å². The summed E-state index contributed by atoms with van der Waals surface area (Å²) < 4.78 is 5.13. The summed E-state index contributed by atoms with van der Waals surface area (Å²) in [5.74, 6) is -0.514. The van der Waals surface area contributed by atoms with Crippen LogP contribution in [0.2, 0.25) is 0 Å². The van der Waals surface area contributed by atoms with Gasteiger partial charge in [-0.2, -0.15) is 0 Å². The number of ether oxygens (including phenoxy) is 1. The molecule has 0 aliphatic rings. The maximum Gasteiger partial charge on any atom is 0.408 e. The first-order valence-corrected chi connectivity index (χ1v) is 8.65. The van der Waals surface area contributed by atoms with Crippen molar-refractivity contribution in [3.05, 3.63) is 35.9 Å². The van der Waals surface area contributed by atoms with Gasteiger partial charge in [0.25, 0.3) is 0 Å². The molecule has 0 aliphatic heterocycles. The van der Waals surface area contributed by atoms with E-state index in [9.17, 15) is 14.4 Å². The highest BCUT2D eigenvalue weighted by atomic mass is 16.6. The highest BCUT2D eigenvalue weighted by molar-refractivity contribution is 5.85. The van der Waals surface area contributed by atoms with Crippen LogP contribution in [0.3, 0.4) is 0 Å². The van der Waals surface area contributed by atoms with Crippen molar-refractivity contribution in [3.8, 4) is 0 Å². The molecule has 1 aromatic carbocycles. The average Bonchev–Trinajstić information content (AvgIpc) is 2.50. The molecular weight excluding hydrogens is 334 g/mol. The van der Waals surface area contributed by atoms with Crippen molar-refractivity contribution in [2.75, 3.05) is 6.54 Å². The molecule has 3 amide bonds. The van der Waals surface area contributed by atoms with Crippen molar-refractivity contribution in [1.29, 1.82) is 0 Å². The Kier molecular flexibility index (Phi) is 8.09. The van der Waals surface area contributed by atoms with E-state index in [1.165, 1.54) is 6.92 Å². The summed E-state index contributed by atoms with van der Waals surface area (Å²) in [5.41, 5.74) is 0.423. The van der Waals surface area contributed by atoms with Gasteiger partial charge in [-0.25, -0.2) is 4.79 Å². The fourth-order valence-electron chi connectivity index (χ4n) is 2.29. The standard InChI is InChI=1S/C19H29N3O4/c1-13(21-18(25)26-19(3,4)5)17(24)20-12-16(22-14(2)23)11-15-9-7-6-8-10-15/h6-10,13,16H,11-12H2,1-5H3,(H,20,24)(H,21,25)(H,22,23). The lowest BCUT2D eigenvalue weighted by Crippen LogP contribution is -2.50. The van der Waals surface area contributed by atoms with Crippen LogP contribution in [-0.4, -0.2) is 42.1 Å². The number of rotatable bonds is 7. The second-order valence-corrected chi connectivity index (χ2v) is 7.20. The van der Waals surface area contributed by atoms with Gasteiger partial charge in [-0.15, -0.1) is 0 Å². The van der Waals surface area contributed by atoms with Gasteiger partial charge in [-0.3, -0.25) is 9.59 Å². The Morgan fingerprint density at radius 2 is 1.69 bits per heavy atom. The van der Waals surface area contributed by atoms with Crippen LogP contribution < -0.4 is 16.0 Å². The number of hydrogen-bond acceptors (Lipinski definition) is 4. The summed E-state index contributed by atoms with van der Waals surface area (Å²) in [7, 11) is 0. The molecule has 0 heterocycles. The van der Waals surface area contributed by atoms with Crippen LogP contribution in [-0.2, 0) is 20.7 Å². The predicted octanol–water partition coefficient (Wildman–Crippen LogP) is 1.76. The number of carbonyl (C=O) groups excluding carboxylic acids is 3. The molecule has 0 bridgehead atoms. The van der Waals surface area contributed by atoms with E-state index in [1.54, 1.807) is 27.7 Å². The summed E-state index contributed by atoms with van der Waals surface area (Å²) >= 11 is 0. The van der Waals surface area contributed by atoms with Crippen molar-refractivity contribution >= 4 is 17.9 Å². The lowest BCUT2D eigenvalue weighted by Gasteiger charge is -2.23. The number of hydrogen-bond donors (Lipinski definition) is 3. The number of nitrogens with one attached hydrogen (secondary N) is 3. The van der Waals surface area contributed by atoms with E-state index >= 15 is 0 Å². The van der Waals surface area contributed by atoms with E-state index in [1.807, 2.05) is 30.3 Å². The van der Waals surface area contributed by atoms with Gasteiger partial charge in [0.15, 0.2) is 0 Å². The fourth-order valence-corrected chi connectivity index (χ4v) is 2.29. The molecule has 0 spiro atoms. The number of alkyl carbamates (subject to hydrolysis) is 1. The molecule has 7 nitrogen and oxygen atoms in total. The van der Waals surface area contributed by atoms with Gasteiger partial charge in [0, 0.05) is 13.5 Å². The molecule has 1 aromatic rings. The minimum absolute atomic E-state index is 0.167. The Hall–Kier alpha value is -2.57. The molecule has 0 saturated carbocycles. The van der Waals surface area contributed by atoms with E-state index in [-0.39, 0.29) is 24.4 Å². The summed E-state index contributed by atoms with van der Waals surface area (Å²) in [6, 6.07) is 8.69. The Balaban J connectivity index is 2.54. The molecule has 0 saturated heterocycles. The highest BCUT2D eigenvalue weighted by Crippen LogP contribution is 2.07. The molecular formula is C19H29N3O4. The molecule has 0 radical (unpaired) electrons. The zero-order valence-electron chi connectivity index (χ0n) is 16.1. The Labute approximate surface area is 154 Å². The van der Waals surface area contributed by atoms with Crippen LogP contribution in [0.5, 0.6) is 0 Å². The van der Waals surface area contributed by atoms with Gasteiger partial charge in [-0.05, 0) is 39.7 Å². The zero-order chi connectivity index (χ0) is 19.7. The van der Waals surface area contributed by atoms with Crippen molar-refractivity contribution in [2.24, 2.45) is 0 Å². The van der Waals surface area contributed by atoms with Crippen molar-refractivity contribution in [3.63, 3.8) is 0 Å². The van der Waals surface area contributed by atoms with Crippen molar-refractivity contribution in [2.45, 2.75) is 58.7 Å². The van der Waals surface area contributed by atoms with Crippen LogP contribution >= 0.6 is 0 Å². The van der Waals surface area contributed by atoms with Crippen LogP contribution in [0, 0.1) is 0 Å². The van der Waals surface area contributed by atoms with Crippen LogP contribution in [0.4, 0.5) is 4.79 Å². The lowest BCUT2D eigenvalue weighted by atomic mass is 10.1. The first-order chi connectivity index (χ1) is 12.1. The molecule has 26 heavy (non-hydrogen) atoms. The SMILES string of the molecule is CC(=O)NC(CNC(=O)C(C)NC(=O)OC(C)(C)C)Cc1ccccc1. The Morgan fingerprint density at radius 1 is 1.08 bits per heavy atom. The molecule has 1 rings (SSSR count). The normalized spacial score (nSPS) is 13.3. The van der Waals surface area contributed by atoms with E-state index in [0.717, 1.165) is 5.56 Å². The molecule has 0 fully saturated rings. The molecule has 2 atom stereocenters. The predicted molar refractivity (Wildman–Crippen MR) is 99.6 cm³/mol. The highest BCUT2D eigenvalue weighted by Gasteiger charge is 2.21. The maximum atomic E-state index is 12.2. The largest absolute Gasteiger partial charge is 0.444 e. The first-order valence-electron chi connectivity index (χ1n) is 8.65. The molecule has 3 N–H and O–H groups in total. The molecule has 7 heteroatoms. The quantitative estimate of drug-likeness (QED) is 0.688. The maximum absolute atomic E-state index is 12.2. The molecule has 144 valence electrons. The lowest BCUT2D eigenvalue weighted by molar-refractivity contribution is -0.123. The van der Waals surface area contributed by atoms with Gasteiger partial charge in [0.05, 0.1) is 6.04 Å².